The Morgan fingerprint density at radius 1 is 1.45 bits per heavy atom. The Kier molecular flexibility index (Phi) is 3.86. The molecule has 0 rings (SSSR count). The molecule has 0 saturated heterocycles. The second kappa shape index (κ2) is 4.16. The lowest BCUT2D eigenvalue weighted by molar-refractivity contribution is -0.127. The van der Waals surface area contributed by atoms with Gasteiger partial charge in [0.25, 0.3) is 0 Å². The van der Waals surface area contributed by atoms with Crippen LogP contribution in [0.3, 0.4) is 0 Å². The van der Waals surface area contributed by atoms with Crippen LogP contribution in [-0.2, 0) is 4.79 Å². The van der Waals surface area contributed by atoms with Gasteiger partial charge in [0.1, 0.15) is 0 Å². The van der Waals surface area contributed by atoms with Crippen LogP contribution in [-0.4, -0.2) is 17.4 Å². The van der Waals surface area contributed by atoms with Crippen LogP contribution in [0.4, 0.5) is 0 Å². The van der Waals surface area contributed by atoms with E-state index in [-0.39, 0.29) is 5.91 Å². The molecule has 0 fully saturated rings. The van der Waals surface area contributed by atoms with Gasteiger partial charge in [-0.05, 0) is 12.8 Å². The van der Waals surface area contributed by atoms with Gasteiger partial charge in [-0.3, -0.25) is 4.79 Å². The Morgan fingerprint density at radius 2 is 1.91 bits per heavy atom. The summed E-state index contributed by atoms with van der Waals surface area (Å²) in [6.45, 7) is 12.1. The van der Waals surface area contributed by atoms with E-state index < -0.39 is 0 Å². The molecule has 2 heteroatoms. The summed E-state index contributed by atoms with van der Waals surface area (Å²) >= 11 is 0. The van der Waals surface area contributed by atoms with Crippen molar-refractivity contribution in [3.05, 3.63) is 12.3 Å². The molecule has 0 aliphatic rings. The minimum Gasteiger partial charge on any atom is -0.317 e. The standard InChI is InChI=1S/C9H17NO/c1-7(2)6-10(8(3)4)9(5)11/h7H,3,6H2,1-2,4-5H3. The monoisotopic (exact) mass is 155 g/mol. The normalized spacial score (nSPS) is 9.91. The van der Waals surface area contributed by atoms with E-state index in [1.54, 1.807) is 11.8 Å². The molecule has 0 unspecified atom stereocenters. The van der Waals surface area contributed by atoms with E-state index in [0.29, 0.717) is 5.92 Å². The van der Waals surface area contributed by atoms with Gasteiger partial charge < -0.3 is 4.90 Å². The molecular formula is C9H17NO. The highest BCUT2D eigenvalue weighted by Crippen LogP contribution is 2.05. The van der Waals surface area contributed by atoms with Crippen molar-refractivity contribution in [2.24, 2.45) is 5.92 Å². The van der Waals surface area contributed by atoms with Gasteiger partial charge in [0, 0.05) is 19.2 Å². The van der Waals surface area contributed by atoms with E-state index in [1.807, 2.05) is 6.92 Å². The Morgan fingerprint density at radius 3 is 2.00 bits per heavy atom. The van der Waals surface area contributed by atoms with Crippen LogP contribution in [0.25, 0.3) is 0 Å². The van der Waals surface area contributed by atoms with E-state index in [4.69, 9.17) is 0 Å². The Hall–Kier alpha value is -0.790. The summed E-state index contributed by atoms with van der Waals surface area (Å²) in [5, 5.41) is 0. The number of nitrogens with zero attached hydrogens (tertiary/aromatic N) is 1. The summed E-state index contributed by atoms with van der Waals surface area (Å²) in [5.41, 5.74) is 0.825. The third-order valence-corrected chi connectivity index (χ3v) is 1.39. The first kappa shape index (κ1) is 10.2. The quantitative estimate of drug-likeness (QED) is 0.610. The molecule has 0 aromatic carbocycles. The second-order valence-corrected chi connectivity index (χ2v) is 3.26. The minimum absolute atomic E-state index is 0.0752. The number of amides is 1. The summed E-state index contributed by atoms with van der Waals surface area (Å²) in [4.78, 5) is 12.7. The second-order valence-electron chi connectivity index (χ2n) is 3.26. The first-order chi connectivity index (χ1) is 4.95. The van der Waals surface area contributed by atoms with Crippen molar-refractivity contribution >= 4 is 5.91 Å². The van der Waals surface area contributed by atoms with Gasteiger partial charge in [-0.2, -0.15) is 0 Å². The summed E-state index contributed by atoms with van der Waals surface area (Å²) in [6, 6.07) is 0. The molecule has 1 amide bonds. The largest absolute Gasteiger partial charge is 0.317 e. The number of carbonyl (C=O) groups excluding carboxylic acids is 1. The molecule has 11 heavy (non-hydrogen) atoms. The Labute approximate surface area is 68.9 Å². The molecule has 0 saturated carbocycles. The number of allylic oxidation sites excluding steroid dienone is 1. The van der Waals surface area contributed by atoms with Crippen LogP contribution in [0.5, 0.6) is 0 Å². The fraction of sp³-hybridized carbons (Fsp3) is 0.667. The molecule has 0 heterocycles. The van der Waals surface area contributed by atoms with E-state index in [1.165, 1.54) is 0 Å². The van der Waals surface area contributed by atoms with Crippen molar-refractivity contribution in [3.8, 4) is 0 Å². The first-order valence-corrected chi connectivity index (χ1v) is 3.88. The molecule has 0 bridgehead atoms. The molecule has 0 aromatic rings. The fourth-order valence-electron chi connectivity index (χ4n) is 0.918. The lowest BCUT2D eigenvalue weighted by Gasteiger charge is -2.22. The maximum absolute atomic E-state index is 11.0. The van der Waals surface area contributed by atoms with Crippen LogP contribution in [0, 0.1) is 5.92 Å². The third-order valence-electron chi connectivity index (χ3n) is 1.39. The fourth-order valence-corrected chi connectivity index (χ4v) is 0.918. The third kappa shape index (κ3) is 3.81. The van der Waals surface area contributed by atoms with E-state index in [0.717, 1.165) is 12.2 Å². The Bertz CT molecular complexity index is 147. The highest BCUT2D eigenvalue weighted by atomic mass is 16.2. The average Bonchev–Trinajstić information content (AvgIpc) is 1.81. The topological polar surface area (TPSA) is 20.3 Å². The van der Waals surface area contributed by atoms with Crippen molar-refractivity contribution in [3.63, 3.8) is 0 Å². The predicted octanol–water partition coefficient (Wildman–Crippen LogP) is 2.02. The van der Waals surface area contributed by atoms with Gasteiger partial charge in [-0.1, -0.05) is 20.4 Å². The molecule has 0 aliphatic heterocycles. The van der Waals surface area contributed by atoms with Crippen LogP contribution in [0.15, 0.2) is 12.3 Å². The summed E-state index contributed by atoms with van der Waals surface area (Å²) in [7, 11) is 0. The van der Waals surface area contributed by atoms with Gasteiger partial charge in [0.15, 0.2) is 0 Å². The smallest absolute Gasteiger partial charge is 0.223 e. The van der Waals surface area contributed by atoms with Crippen LogP contribution in [0.2, 0.25) is 0 Å². The maximum Gasteiger partial charge on any atom is 0.223 e. The highest BCUT2D eigenvalue weighted by Gasteiger charge is 2.09. The van der Waals surface area contributed by atoms with Crippen LogP contribution >= 0.6 is 0 Å². The molecule has 2 nitrogen and oxygen atoms in total. The predicted molar refractivity (Wildman–Crippen MR) is 47.0 cm³/mol. The van der Waals surface area contributed by atoms with Crippen LogP contribution < -0.4 is 0 Å². The molecular weight excluding hydrogens is 138 g/mol. The maximum atomic E-state index is 11.0. The van der Waals surface area contributed by atoms with Gasteiger partial charge >= 0.3 is 0 Å². The van der Waals surface area contributed by atoms with Crippen molar-refractivity contribution in [2.45, 2.75) is 27.7 Å². The Balaban J connectivity index is 4.12. The number of carbonyl (C=O) groups is 1. The highest BCUT2D eigenvalue weighted by molar-refractivity contribution is 5.75. The van der Waals surface area contributed by atoms with E-state index in [2.05, 4.69) is 20.4 Å². The van der Waals surface area contributed by atoms with Gasteiger partial charge in [0.05, 0.1) is 0 Å². The van der Waals surface area contributed by atoms with Crippen LogP contribution in [0.1, 0.15) is 27.7 Å². The number of rotatable bonds is 3. The summed E-state index contributed by atoms with van der Waals surface area (Å²) in [6.07, 6.45) is 0. The molecule has 0 aliphatic carbocycles. The average molecular weight is 155 g/mol. The zero-order valence-corrected chi connectivity index (χ0v) is 7.85. The zero-order valence-electron chi connectivity index (χ0n) is 7.85. The molecule has 0 spiro atoms. The zero-order chi connectivity index (χ0) is 9.02. The molecule has 0 atom stereocenters. The van der Waals surface area contributed by atoms with Gasteiger partial charge in [0.2, 0.25) is 5.91 Å². The lowest BCUT2D eigenvalue weighted by atomic mass is 10.2. The van der Waals surface area contributed by atoms with E-state index in [9.17, 15) is 4.79 Å². The SMILES string of the molecule is C=C(C)N(CC(C)C)C(C)=O. The van der Waals surface area contributed by atoms with Gasteiger partial charge in [-0.15, -0.1) is 0 Å². The first-order valence-electron chi connectivity index (χ1n) is 3.88. The van der Waals surface area contributed by atoms with E-state index >= 15 is 0 Å². The minimum atomic E-state index is 0.0752. The van der Waals surface area contributed by atoms with Gasteiger partial charge in [-0.25, -0.2) is 0 Å². The number of hydrogen-bond acceptors (Lipinski definition) is 1. The van der Waals surface area contributed by atoms with Crippen molar-refractivity contribution in [1.29, 1.82) is 0 Å². The van der Waals surface area contributed by atoms with Crippen molar-refractivity contribution in [2.75, 3.05) is 6.54 Å². The molecule has 0 aromatic heterocycles. The number of hydrogen-bond donors (Lipinski definition) is 0. The van der Waals surface area contributed by atoms with Crippen molar-refractivity contribution in [1.82, 2.24) is 4.90 Å². The lowest BCUT2D eigenvalue weighted by Crippen LogP contribution is -2.30. The summed E-state index contributed by atoms with van der Waals surface area (Å²) in [5.74, 6) is 0.571. The molecule has 0 N–H and O–H groups in total. The molecule has 64 valence electrons. The van der Waals surface area contributed by atoms with Crippen molar-refractivity contribution < 1.29 is 4.79 Å². The molecule has 0 radical (unpaired) electrons. The summed E-state index contributed by atoms with van der Waals surface area (Å²) < 4.78 is 0.